The second-order valence-corrected chi connectivity index (χ2v) is 6.07. The van der Waals surface area contributed by atoms with Gasteiger partial charge in [0.15, 0.2) is 0 Å². The number of carbonyl (C=O) groups is 3. The number of benzene rings is 2. The van der Waals surface area contributed by atoms with Gasteiger partial charge in [0.25, 0.3) is 0 Å². The molecule has 1 atom stereocenters. The number of amides is 3. The Hall–Kier alpha value is -3.42. The predicted molar refractivity (Wildman–Crippen MR) is 100 cm³/mol. The van der Waals surface area contributed by atoms with Crippen molar-refractivity contribution in [1.82, 2.24) is 10.6 Å². The molecule has 2 rings (SSSR count). The van der Waals surface area contributed by atoms with E-state index in [1.54, 1.807) is 24.3 Å². The second kappa shape index (κ2) is 10.7. The summed E-state index contributed by atoms with van der Waals surface area (Å²) in [7, 11) is 0. The van der Waals surface area contributed by atoms with Crippen LogP contribution in [0.1, 0.15) is 24.0 Å². The van der Waals surface area contributed by atoms with E-state index in [1.165, 1.54) is 12.1 Å². The van der Waals surface area contributed by atoms with E-state index in [2.05, 4.69) is 10.6 Å². The lowest BCUT2D eigenvalue weighted by Gasteiger charge is -2.18. The monoisotopic (exact) mass is 387 g/mol. The molecule has 0 aliphatic carbocycles. The van der Waals surface area contributed by atoms with Crippen molar-refractivity contribution < 1.29 is 23.5 Å². The number of nitrogens with two attached hydrogens (primary N) is 1. The van der Waals surface area contributed by atoms with Crippen molar-refractivity contribution in [3.05, 3.63) is 71.5 Å². The van der Waals surface area contributed by atoms with Crippen LogP contribution in [0.15, 0.2) is 54.6 Å². The topological polar surface area (TPSA) is 111 Å². The van der Waals surface area contributed by atoms with Crippen molar-refractivity contribution in [1.29, 1.82) is 0 Å². The van der Waals surface area contributed by atoms with E-state index in [9.17, 15) is 18.8 Å². The zero-order valence-corrected chi connectivity index (χ0v) is 15.2. The lowest BCUT2D eigenvalue weighted by molar-refractivity contribution is -0.123. The molecule has 0 aromatic heterocycles. The number of hydrogen-bond acceptors (Lipinski definition) is 4. The highest BCUT2D eigenvalue weighted by Crippen LogP contribution is 2.07. The van der Waals surface area contributed by atoms with Gasteiger partial charge in [0.2, 0.25) is 11.8 Å². The molecular weight excluding hydrogens is 365 g/mol. The molecule has 7 nitrogen and oxygen atoms in total. The van der Waals surface area contributed by atoms with Gasteiger partial charge in [0.05, 0.1) is 0 Å². The molecule has 3 amide bonds. The highest BCUT2D eigenvalue weighted by atomic mass is 19.1. The molecule has 8 heteroatoms. The first kappa shape index (κ1) is 20.9. The predicted octanol–water partition coefficient (Wildman–Crippen LogP) is 2.00. The van der Waals surface area contributed by atoms with Crippen molar-refractivity contribution >= 4 is 17.9 Å². The molecule has 0 aliphatic heterocycles. The summed E-state index contributed by atoms with van der Waals surface area (Å²) in [5.74, 6) is -1.63. The van der Waals surface area contributed by atoms with Crippen LogP contribution in [0, 0.1) is 5.82 Å². The van der Waals surface area contributed by atoms with Crippen LogP contribution in [-0.4, -0.2) is 23.9 Å². The third-order valence-corrected chi connectivity index (χ3v) is 3.91. The molecule has 4 N–H and O–H groups in total. The maximum absolute atomic E-state index is 13.7. The summed E-state index contributed by atoms with van der Waals surface area (Å²) in [5.41, 5.74) is 6.22. The number of hydrogen-bond donors (Lipinski definition) is 3. The zero-order chi connectivity index (χ0) is 20.4. The minimum Gasteiger partial charge on any atom is -0.445 e. The maximum atomic E-state index is 13.7. The molecule has 0 saturated carbocycles. The molecular formula is C20H22FN3O4. The van der Waals surface area contributed by atoms with Gasteiger partial charge in [-0.25, -0.2) is 9.18 Å². The summed E-state index contributed by atoms with van der Waals surface area (Å²) in [6, 6.07) is 14.0. The molecule has 0 bridgehead atoms. The van der Waals surface area contributed by atoms with Gasteiger partial charge in [-0.1, -0.05) is 48.5 Å². The van der Waals surface area contributed by atoms with Crippen molar-refractivity contribution in [2.24, 2.45) is 5.73 Å². The van der Waals surface area contributed by atoms with E-state index in [-0.39, 0.29) is 26.0 Å². The molecule has 28 heavy (non-hydrogen) atoms. The van der Waals surface area contributed by atoms with E-state index in [1.807, 2.05) is 18.2 Å². The molecule has 2 aromatic carbocycles. The lowest BCUT2D eigenvalue weighted by Crippen LogP contribution is -2.47. The average Bonchev–Trinajstić information content (AvgIpc) is 2.69. The first-order valence-corrected chi connectivity index (χ1v) is 8.72. The second-order valence-electron chi connectivity index (χ2n) is 6.07. The van der Waals surface area contributed by atoms with E-state index >= 15 is 0 Å². The van der Waals surface area contributed by atoms with Crippen LogP contribution in [0.3, 0.4) is 0 Å². The number of alkyl carbamates (subject to hydrolysis) is 1. The molecule has 0 heterocycles. The van der Waals surface area contributed by atoms with E-state index < -0.39 is 29.8 Å². The Labute approximate surface area is 162 Å². The molecule has 1 unspecified atom stereocenters. The van der Waals surface area contributed by atoms with Gasteiger partial charge in [-0.2, -0.15) is 0 Å². The normalized spacial score (nSPS) is 11.3. The summed E-state index contributed by atoms with van der Waals surface area (Å²) in [6.07, 6.45) is -0.908. The quantitative estimate of drug-likeness (QED) is 0.611. The molecule has 0 fully saturated rings. The Kier molecular flexibility index (Phi) is 7.95. The Morgan fingerprint density at radius 3 is 2.39 bits per heavy atom. The summed E-state index contributed by atoms with van der Waals surface area (Å²) in [5, 5.41) is 4.96. The summed E-state index contributed by atoms with van der Waals surface area (Å²) >= 11 is 0. The van der Waals surface area contributed by atoms with Crippen LogP contribution < -0.4 is 16.4 Å². The molecule has 0 radical (unpaired) electrons. The summed E-state index contributed by atoms with van der Waals surface area (Å²) in [6.45, 7) is -0.0224. The summed E-state index contributed by atoms with van der Waals surface area (Å²) in [4.78, 5) is 35.5. The Bertz CT molecular complexity index is 814. The van der Waals surface area contributed by atoms with E-state index in [0.717, 1.165) is 5.56 Å². The van der Waals surface area contributed by atoms with Crippen LogP contribution in [0.2, 0.25) is 0 Å². The van der Waals surface area contributed by atoms with Gasteiger partial charge in [-0.05, 0) is 18.1 Å². The maximum Gasteiger partial charge on any atom is 0.408 e. The van der Waals surface area contributed by atoms with Gasteiger partial charge >= 0.3 is 6.09 Å². The largest absolute Gasteiger partial charge is 0.445 e. The smallest absolute Gasteiger partial charge is 0.408 e. The third-order valence-electron chi connectivity index (χ3n) is 3.91. The van der Waals surface area contributed by atoms with Gasteiger partial charge in [0.1, 0.15) is 18.5 Å². The SMILES string of the molecule is NC(=O)CCC(NC(=O)OCc1ccccc1)C(=O)NCc1ccccc1F. The van der Waals surface area contributed by atoms with Gasteiger partial charge in [-0.15, -0.1) is 0 Å². The average molecular weight is 387 g/mol. The minimum absolute atomic E-state index is 0.00112. The highest BCUT2D eigenvalue weighted by molar-refractivity contribution is 5.86. The van der Waals surface area contributed by atoms with E-state index in [0.29, 0.717) is 5.56 Å². The molecule has 0 saturated heterocycles. The van der Waals surface area contributed by atoms with Crippen LogP contribution in [0.4, 0.5) is 9.18 Å². The Morgan fingerprint density at radius 2 is 1.71 bits per heavy atom. The first-order valence-electron chi connectivity index (χ1n) is 8.72. The highest BCUT2D eigenvalue weighted by Gasteiger charge is 2.22. The van der Waals surface area contributed by atoms with Gasteiger partial charge in [-0.3, -0.25) is 9.59 Å². The fraction of sp³-hybridized carbons (Fsp3) is 0.250. The fourth-order valence-electron chi connectivity index (χ4n) is 2.41. The molecule has 0 aliphatic rings. The zero-order valence-electron chi connectivity index (χ0n) is 15.2. The van der Waals surface area contributed by atoms with Crippen molar-refractivity contribution in [3.8, 4) is 0 Å². The van der Waals surface area contributed by atoms with Gasteiger partial charge in [0, 0.05) is 18.5 Å². The minimum atomic E-state index is -1.04. The number of nitrogens with one attached hydrogen (secondary N) is 2. The molecule has 148 valence electrons. The lowest BCUT2D eigenvalue weighted by atomic mass is 10.1. The Morgan fingerprint density at radius 1 is 1.04 bits per heavy atom. The van der Waals surface area contributed by atoms with Crippen LogP contribution in [0.25, 0.3) is 0 Å². The molecule has 0 spiro atoms. The number of halogens is 1. The third kappa shape index (κ3) is 7.06. The summed E-state index contributed by atoms with van der Waals surface area (Å²) < 4.78 is 18.8. The van der Waals surface area contributed by atoms with Crippen LogP contribution in [0.5, 0.6) is 0 Å². The van der Waals surface area contributed by atoms with Crippen molar-refractivity contribution in [3.63, 3.8) is 0 Å². The Balaban J connectivity index is 1.91. The number of carbonyl (C=O) groups excluding carboxylic acids is 3. The first-order chi connectivity index (χ1) is 13.5. The number of ether oxygens (including phenoxy) is 1. The van der Waals surface area contributed by atoms with Crippen LogP contribution >= 0.6 is 0 Å². The molecule has 2 aromatic rings. The van der Waals surface area contributed by atoms with Crippen molar-refractivity contribution in [2.75, 3.05) is 0 Å². The van der Waals surface area contributed by atoms with Crippen LogP contribution in [-0.2, 0) is 27.5 Å². The van der Waals surface area contributed by atoms with Gasteiger partial charge < -0.3 is 21.1 Å². The number of primary amides is 1. The van der Waals surface area contributed by atoms with Crippen molar-refractivity contribution in [2.45, 2.75) is 32.0 Å². The van der Waals surface area contributed by atoms with E-state index in [4.69, 9.17) is 10.5 Å². The fourth-order valence-corrected chi connectivity index (χ4v) is 2.41. The number of rotatable bonds is 9. The standard InChI is InChI=1S/C20H22FN3O4/c21-16-9-5-4-8-15(16)12-23-19(26)17(10-11-18(22)25)24-20(27)28-13-14-6-2-1-3-7-14/h1-9,17H,10-13H2,(H2,22,25)(H,23,26)(H,24,27).